The van der Waals surface area contributed by atoms with Gasteiger partial charge in [0, 0.05) is 36.1 Å². The Morgan fingerprint density at radius 2 is 1.79 bits per heavy atom. The van der Waals surface area contributed by atoms with Crippen LogP contribution in [0.5, 0.6) is 5.75 Å². The van der Waals surface area contributed by atoms with Gasteiger partial charge in [0.05, 0.1) is 5.52 Å². The number of phenolic OH excluding ortho intramolecular Hbond substituents is 1. The van der Waals surface area contributed by atoms with Crippen LogP contribution in [0, 0.1) is 0 Å². The Kier molecular flexibility index (Phi) is 3.43. The van der Waals surface area contributed by atoms with E-state index in [2.05, 4.69) is 40.1 Å². The van der Waals surface area contributed by atoms with Gasteiger partial charge in [0.2, 0.25) is 0 Å². The monoisotopic (exact) mass is 315 g/mol. The summed E-state index contributed by atoms with van der Waals surface area (Å²) >= 11 is 0. The van der Waals surface area contributed by atoms with Gasteiger partial charge in [-0.25, -0.2) is 4.98 Å². The number of aromatic hydroxyl groups is 1. The molecule has 2 aromatic heterocycles. The van der Waals surface area contributed by atoms with E-state index in [1.165, 1.54) is 5.56 Å². The lowest BCUT2D eigenvalue weighted by Gasteiger charge is -2.07. The van der Waals surface area contributed by atoms with Crippen molar-refractivity contribution >= 4 is 22.4 Å². The number of nitrogens with zero attached hydrogens (tertiary/aromatic N) is 2. The van der Waals surface area contributed by atoms with Gasteiger partial charge in [0.1, 0.15) is 11.6 Å². The SMILES string of the molecule is Cn1c(-c2ccccc2)cc2c(Nc3cccc(O)c3)nccc21. The number of nitrogens with one attached hydrogen (secondary N) is 1. The van der Waals surface area contributed by atoms with Crippen LogP contribution in [0.15, 0.2) is 72.9 Å². The Morgan fingerprint density at radius 3 is 2.58 bits per heavy atom. The molecule has 2 N–H and O–H groups in total. The molecule has 24 heavy (non-hydrogen) atoms. The molecule has 118 valence electrons. The number of benzene rings is 2. The van der Waals surface area contributed by atoms with Gasteiger partial charge < -0.3 is 15.0 Å². The number of anilines is 2. The molecule has 4 nitrogen and oxygen atoms in total. The summed E-state index contributed by atoms with van der Waals surface area (Å²) in [5, 5.41) is 14.0. The second-order valence-corrected chi connectivity index (χ2v) is 5.72. The molecule has 0 bridgehead atoms. The van der Waals surface area contributed by atoms with Crippen LogP contribution in [0.2, 0.25) is 0 Å². The van der Waals surface area contributed by atoms with E-state index < -0.39 is 0 Å². The molecule has 4 rings (SSSR count). The average molecular weight is 315 g/mol. The van der Waals surface area contributed by atoms with Crippen molar-refractivity contribution in [2.24, 2.45) is 7.05 Å². The normalized spacial score (nSPS) is 10.9. The molecule has 0 unspecified atom stereocenters. The van der Waals surface area contributed by atoms with E-state index in [0.717, 1.165) is 28.1 Å². The number of phenols is 1. The molecule has 0 aliphatic carbocycles. The van der Waals surface area contributed by atoms with E-state index in [4.69, 9.17) is 0 Å². The summed E-state index contributed by atoms with van der Waals surface area (Å²) in [5.41, 5.74) is 4.21. The van der Waals surface area contributed by atoms with Crippen LogP contribution >= 0.6 is 0 Å². The fourth-order valence-corrected chi connectivity index (χ4v) is 2.97. The van der Waals surface area contributed by atoms with Crippen LogP contribution in [0.1, 0.15) is 0 Å². The van der Waals surface area contributed by atoms with Crippen molar-refractivity contribution in [3.8, 4) is 17.0 Å². The minimum Gasteiger partial charge on any atom is -0.508 e. The second-order valence-electron chi connectivity index (χ2n) is 5.72. The van der Waals surface area contributed by atoms with Gasteiger partial charge in [-0.05, 0) is 29.8 Å². The molecule has 0 saturated carbocycles. The predicted molar refractivity (Wildman–Crippen MR) is 97.5 cm³/mol. The number of fused-ring (bicyclic) bond motifs is 1. The molecule has 0 radical (unpaired) electrons. The number of aromatic nitrogens is 2. The van der Waals surface area contributed by atoms with Gasteiger partial charge in [-0.3, -0.25) is 0 Å². The van der Waals surface area contributed by atoms with Gasteiger partial charge in [-0.15, -0.1) is 0 Å². The predicted octanol–water partition coefficient (Wildman–Crippen LogP) is 4.69. The van der Waals surface area contributed by atoms with E-state index in [9.17, 15) is 5.11 Å². The third-order valence-electron chi connectivity index (χ3n) is 4.15. The van der Waals surface area contributed by atoms with Crippen LogP contribution in [0.25, 0.3) is 22.2 Å². The highest BCUT2D eigenvalue weighted by Crippen LogP contribution is 2.32. The maximum Gasteiger partial charge on any atom is 0.139 e. The summed E-state index contributed by atoms with van der Waals surface area (Å²) in [5.74, 6) is 1.00. The molecule has 0 aliphatic heterocycles. The molecule has 4 heteroatoms. The van der Waals surface area contributed by atoms with Crippen LogP contribution < -0.4 is 5.32 Å². The zero-order chi connectivity index (χ0) is 16.5. The van der Waals surface area contributed by atoms with E-state index in [-0.39, 0.29) is 5.75 Å². The number of pyridine rings is 1. The fourth-order valence-electron chi connectivity index (χ4n) is 2.97. The van der Waals surface area contributed by atoms with E-state index in [0.29, 0.717) is 0 Å². The van der Waals surface area contributed by atoms with E-state index >= 15 is 0 Å². The summed E-state index contributed by atoms with van der Waals surface area (Å²) in [4.78, 5) is 4.47. The fraction of sp³-hybridized carbons (Fsp3) is 0.0500. The topological polar surface area (TPSA) is 50.1 Å². The minimum atomic E-state index is 0.227. The van der Waals surface area contributed by atoms with Crippen LogP contribution in [0.3, 0.4) is 0 Å². The standard InChI is InChI=1S/C20H17N3O/c1-23-18-10-11-21-20(22-15-8-5-9-16(24)12-15)17(18)13-19(23)14-6-3-2-4-7-14/h2-13,24H,1H3,(H,21,22). The molecule has 2 heterocycles. The lowest BCUT2D eigenvalue weighted by atomic mass is 10.1. The highest BCUT2D eigenvalue weighted by molar-refractivity contribution is 5.95. The lowest BCUT2D eigenvalue weighted by molar-refractivity contribution is 0.475. The van der Waals surface area contributed by atoms with Crippen LogP contribution in [-0.4, -0.2) is 14.7 Å². The third kappa shape index (κ3) is 2.48. The summed E-state index contributed by atoms with van der Waals surface area (Å²) in [6.45, 7) is 0. The highest BCUT2D eigenvalue weighted by atomic mass is 16.3. The molecule has 0 amide bonds. The van der Waals surface area contributed by atoms with Crippen molar-refractivity contribution in [2.45, 2.75) is 0 Å². The first-order valence-corrected chi connectivity index (χ1v) is 7.78. The molecular formula is C20H17N3O. The van der Waals surface area contributed by atoms with Gasteiger partial charge in [-0.2, -0.15) is 0 Å². The first-order valence-electron chi connectivity index (χ1n) is 7.78. The zero-order valence-electron chi connectivity index (χ0n) is 13.3. The Balaban J connectivity index is 1.83. The Labute approximate surface area is 140 Å². The third-order valence-corrected chi connectivity index (χ3v) is 4.15. The van der Waals surface area contributed by atoms with Crippen molar-refractivity contribution < 1.29 is 5.11 Å². The summed E-state index contributed by atoms with van der Waals surface area (Å²) in [7, 11) is 2.06. The molecule has 0 saturated heterocycles. The van der Waals surface area contributed by atoms with Gasteiger partial charge in [0.15, 0.2) is 0 Å². The number of hydrogen-bond donors (Lipinski definition) is 2. The minimum absolute atomic E-state index is 0.227. The molecule has 0 spiro atoms. The second kappa shape index (κ2) is 5.74. The Bertz CT molecular complexity index is 1010. The van der Waals surface area contributed by atoms with Crippen molar-refractivity contribution in [2.75, 3.05) is 5.32 Å². The molecule has 0 aliphatic rings. The highest BCUT2D eigenvalue weighted by Gasteiger charge is 2.11. The molecule has 4 aromatic rings. The molecule has 0 fully saturated rings. The van der Waals surface area contributed by atoms with Crippen molar-refractivity contribution in [1.29, 1.82) is 0 Å². The number of aryl methyl sites for hydroxylation is 1. The van der Waals surface area contributed by atoms with Crippen molar-refractivity contribution in [1.82, 2.24) is 9.55 Å². The van der Waals surface area contributed by atoms with Gasteiger partial charge in [-0.1, -0.05) is 36.4 Å². The zero-order valence-corrected chi connectivity index (χ0v) is 13.3. The summed E-state index contributed by atoms with van der Waals surface area (Å²) < 4.78 is 2.17. The molecule has 0 atom stereocenters. The number of hydrogen-bond acceptors (Lipinski definition) is 3. The largest absolute Gasteiger partial charge is 0.508 e. The van der Waals surface area contributed by atoms with Gasteiger partial charge >= 0.3 is 0 Å². The molecule has 2 aromatic carbocycles. The average Bonchev–Trinajstić information content (AvgIpc) is 2.94. The van der Waals surface area contributed by atoms with E-state index in [1.54, 1.807) is 24.4 Å². The first kappa shape index (κ1) is 14.3. The maximum atomic E-state index is 9.64. The quantitative estimate of drug-likeness (QED) is 0.576. The lowest BCUT2D eigenvalue weighted by Crippen LogP contribution is -1.95. The smallest absolute Gasteiger partial charge is 0.139 e. The van der Waals surface area contributed by atoms with E-state index in [1.807, 2.05) is 30.3 Å². The van der Waals surface area contributed by atoms with Crippen molar-refractivity contribution in [3.63, 3.8) is 0 Å². The Hall–Kier alpha value is -3.27. The first-order chi connectivity index (χ1) is 11.7. The molecular weight excluding hydrogens is 298 g/mol. The maximum absolute atomic E-state index is 9.64. The van der Waals surface area contributed by atoms with Crippen LogP contribution in [0.4, 0.5) is 11.5 Å². The number of rotatable bonds is 3. The van der Waals surface area contributed by atoms with Crippen LogP contribution in [-0.2, 0) is 7.05 Å². The van der Waals surface area contributed by atoms with Gasteiger partial charge in [0.25, 0.3) is 0 Å². The van der Waals surface area contributed by atoms with Crippen molar-refractivity contribution in [3.05, 3.63) is 72.9 Å². The summed E-state index contributed by atoms with van der Waals surface area (Å²) in [6, 6.07) is 21.5. The summed E-state index contributed by atoms with van der Waals surface area (Å²) in [6.07, 6.45) is 1.79. The Morgan fingerprint density at radius 1 is 0.958 bits per heavy atom.